The average Bonchev–Trinajstić information content (AvgIpc) is 3.05. The van der Waals surface area contributed by atoms with E-state index in [4.69, 9.17) is 0 Å². The predicted octanol–water partition coefficient (Wildman–Crippen LogP) is -0.151. The second-order valence-corrected chi connectivity index (χ2v) is 3.92. The molecule has 0 saturated heterocycles. The van der Waals surface area contributed by atoms with Gasteiger partial charge in [-0.2, -0.15) is 0 Å². The van der Waals surface area contributed by atoms with Gasteiger partial charge in [-0.3, -0.25) is 9.59 Å². The highest BCUT2D eigenvalue weighted by atomic mass is 16.2. The number of amides is 1. The highest BCUT2D eigenvalue weighted by Gasteiger charge is 2.25. The fourth-order valence-electron chi connectivity index (χ4n) is 1.28. The third-order valence-corrected chi connectivity index (χ3v) is 2.38. The van der Waals surface area contributed by atoms with Gasteiger partial charge in [-0.25, -0.2) is 4.98 Å². The summed E-state index contributed by atoms with van der Waals surface area (Å²) in [4.78, 5) is 29.2. The molecule has 1 heterocycles. The van der Waals surface area contributed by atoms with Gasteiger partial charge in [0.05, 0.1) is 0 Å². The van der Waals surface area contributed by atoms with Crippen LogP contribution in [-0.2, 0) is 4.79 Å². The summed E-state index contributed by atoms with van der Waals surface area (Å²) in [6.45, 7) is 1.70. The zero-order chi connectivity index (χ0) is 11.5. The quantitative estimate of drug-likeness (QED) is 0.661. The molecule has 1 atom stereocenters. The van der Waals surface area contributed by atoms with Gasteiger partial charge in [-0.15, -0.1) is 0 Å². The minimum absolute atomic E-state index is 0.104. The summed E-state index contributed by atoms with van der Waals surface area (Å²) >= 11 is 0. The molecule has 0 bridgehead atoms. The molecule has 16 heavy (non-hydrogen) atoms. The Kier molecular flexibility index (Phi) is 2.89. The van der Waals surface area contributed by atoms with Crippen LogP contribution in [0.25, 0.3) is 0 Å². The standard InChI is InChI=1S/C10H14N4O2/c1-6(9(15)14-7-2-3-7)13-8-10(16)12-5-4-11-8/h4-7H,2-3H2,1H3,(H,11,13)(H,12,16)(H,14,15). The summed E-state index contributed by atoms with van der Waals surface area (Å²) < 4.78 is 0. The van der Waals surface area contributed by atoms with Gasteiger partial charge < -0.3 is 15.6 Å². The molecular formula is C10H14N4O2. The number of hydrogen-bond acceptors (Lipinski definition) is 4. The minimum Gasteiger partial charge on any atom is -0.354 e. The van der Waals surface area contributed by atoms with Gasteiger partial charge in [-0.05, 0) is 19.8 Å². The fraction of sp³-hybridized carbons (Fsp3) is 0.500. The Morgan fingerprint density at radius 2 is 2.38 bits per heavy atom. The number of rotatable bonds is 4. The van der Waals surface area contributed by atoms with Gasteiger partial charge >= 0.3 is 0 Å². The van der Waals surface area contributed by atoms with E-state index in [1.165, 1.54) is 12.4 Å². The largest absolute Gasteiger partial charge is 0.354 e. The van der Waals surface area contributed by atoms with Crippen molar-refractivity contribution in [3.05, 3.63) is 22.7 Å². The SMILES string of the molecule is CC(Nc1ncc[nH]c1=O)C(=O)NC1CC1. The Hall–Kier alpha value is -1.85. The van der Waals surface area contributed by atoms with Gasteiger partial charge in [0.2, 0.25) is 5.91 Å². The molecule has 1 aromatic heterocycles. The van der Waals surface area contributed by atoms with Crippen LogP contribution in [0.15, 0.2) is 17.2 Å². The van der Waals surface area contributed by atoms with E-state index in [1.807, 2.05) is 0 Å². The van der Waals surface area contributed by atoms with Crippen molar-refractivity contribution >= 4 is 11.7 Å². The number of aromatic amines is 1. The number of anilines is 1. The second kappa shape index (κ2) is 4.34. The maximum atomic E-state index is 11.6. The number of carbonyl (C=O) groups excluding carboxylic acids is 1. The third kappa shape index (κ3) is 2.59. The first-order chi connectivity index (χ1) is 7.66. The predicted molar refractivity (Wildman–Crippen MR) is 59.1 cm³/mol. The van der Waals surface area contributed by atoms with Gasteiger partial charge in [0.1, 0.15) is 6.04 Å². The highest BCUT2D eigenvalue weighted by molar-refractivity contribution is 5.84. The van der Waals surface area contributed by atoms with E-state index in [0.29, 0.717) is 6.04 Å². The molecule has 3 N–H and O–H groups in total. The summed E-state index contributed by atoms with van der Waals surface area (Å²) in [5.74, 6) is 0.0634. The van der Waals surface area contributed by atoms with Crippen molar-refractivity contribution in [2.75, 3.05) is 5.32 Å². The van der Waals surface area contributed by atoms with Crippen LogP contribution < -0.4 is 16.2 Å². The zero-order valence-corrected chi connectivity index (χ0v) is 8.99. The van der Waals surface area contributed by atoms with Crippen molar-refractivity contribution in [3.8, 4) is 0 Å². The molecule has 86 valence electrons. The molecule has 0 aromatic carbocycles. The molecule has 1 fully saturated rings. The van der Waals surface area contributed by atoms with E-state index in [0.717, 1.165) is 12.8 Å². The molecule has 0 spiro atoms. The first kappa shape index (κ1) is 10.7. The van der Waals surface area contributed by atoms with Crippen LogP contribution >= 0.6 is 0 Å². The lowest BCUT2D eigenvalue weighted by molar-refractivity contribution is -0.121. The van der Waals surface area contributed by atoms with Crippen LogP contribution in [0, 0.1) is 0 Å². The van der Waals surface area contributed by atoms with Gasteiger partial charge in [0.25, 0.3) is 5.56 Å². The van der Waals surface area contributed by atoms with E-state index in [-0.39, 0.29) is 17.3 Å². The summed E-state index contributed by atoms with van der Waals surface area (Å²) in [5.41, 5.74) is -0.325. The van der Waals surface area contributed by atoms with Gasteiger partial charge in [-0.1, -0.05) is 0 Å². The minimum atomic E-state index is -0.461. The Morgan fingerprint density at radius 3 is 3.00 bits per heavy atom. The van der Waals surface area contributed by atoms with Crippen molar-refractivity contribution in [2.24, 2.45) is 0 Å². The van der Waals surface area contributed by atoms with Crippen LogP contribution in [0.1, 0.15) is 19.8 Å². The molecule has 1 aliphatic carbocycles. The number of nitrogens with one attached hydrogen (secondary N) is 3. The Bertz CT molecular complexity index is 438. The summed E-state index contributed by atoms with van der Waals surface area (Å²) in [5, 5.41) is 5.63. The normalized spacial score (nSPS) is 16.6. The number of hydrogen-bond donors (Lipinski definition) is 3. The number of carbonyl (C=O) groups is 1. The van der Waals surface area contributed by atoms with Crippen LogP contribution in [0.4, 0.5) is 5.82 Å². The monoisotopic (exact) mass is 222 g/mol. The van der Waals surface area contributed by atoms with E-state index < -0.39 is 6.04 Å². The maximum absolute atomic E-state index is 11.6. The van der Waals surface area contributed by atoms with Crippen molar-refractivity contribution in [2.45, 2.75) is 31.8 Å². The number of H-pyrrole nitrogens is 1. The van der Waals surface area contributed by atoms with Gasteiger partial charge in [0, 0.05) is 18.4 Å². The summed E-state index contributed by atoms with van der Waals surface area (Å²) in [6.07, 6.45) is 5.00. The van der Waals surface area contributed by atoms with E-state index in [9.17, 15) is 9.59 Å². The zero-order valence-electron chi connectivity index (χ0n) is 8.99. The van der Waals surface area contributed by atoms with Crippen LogP contribution in [0.5, 0.6) is 0 Å². The number of aromatic nitrogens is 2. The molecular weight excluding hydrogens is 208 g/mol. The lowest BCUT2D eigenvalue weighted by atomic mass is 10.3. The first-order valence-electron chi connectivity index (χ1n) is 5.27. The second-order valence-electron chi connectivity index (χ2n) is 3.92. The van der Waals surface area contributed by atoms with Gasteiger partial charge in [0.15, 0.2) is 5.82 Å². The molecule has 1 amide bonds. The van der Waals surface area contributed by atoms with E-state index in [2.05, 4.69) is 20.6 Å². The maximum Gasteiger partial charge on any atom is 0.290 e. The van der Waals surface area contributed by atoms with Crippen molar-refractivity contribution in [3.63, 3.8) is 0 Å². The van der Waals surface area contributed by atoms with Crippen molar-refractivity contribution < 1.29 is 4.79 Å². The molecule has 6 nitrogen and oxygen atoms in total. The summed E-state index contributed by atoms with van der Waals surface area (Å²) in [6, 6.07) is -0.143. The van der Waals surface area contributed by atoms with Crippen LogP contribution in [0.3, 0.4) is 0 Å². The number of nitrogens with zero attached hydrogens (tertiary/aromatic N) is 1. The molecule has 1 unspecified atom stereocenters. The Morgan fingerprint density at radius 1 is 1.62 bits per heavy atom. The van der Waals surface area contributed by atoms with Crippen LogP contribution in [-0.4, -0.2) is 28.0 Å². The summed E-state index contributed by atoms with van der Waals surface area (Å²) in [7, 11) is 0. The Labute approximate surface area is 92.5 Å². The lowest BCUT2D eigenvalue weighted by Gasteiger charge is -2.13. The molecule has 1 aromatic rings. The topological polar surface area (TPSA) is 86.9 Å². The Balaban J connectivity index is 1.95. The lowest BCUT2D eigenvalue weighted by Crippen LogP contribution is -2.40. The highest BCUT2D eigenvalue weighted by Crippen LogP contribution is 2.18. The first-order valence-corrected chi connectivity index (χ1v) is 5.27. The molecule has 1 aliphatic rings. The molecule has 0 radical (unpaired) electrons. The van der Waals surface area contributed by atoms with Crippen molar-refractivity contribution in [1.82, 2.24) is 15.3 Å². The average molecular weight is 222 g/mol. The van der Waals surface area contributed by atoms with Crippen molar-refractivity contribution in [1.29, 1.82) is 0 Å². The fourth-order valence-corrected chi connectivity index (χ4v) is 1.28. The van der Waals surface area contributed by atoms with E-state index >= 15 is 0 Å². The molecule has 0 aliphatic heterocycles. The van der Waals surface area contributed by atoms with Crippen LogP contribution in [0.2, 0.25) is 0 Å². The molecule has 2 rings (SSSR count). The molecule has 1 saturated carbocycles. The third-order valence-electron chi connectivity index (χ3n) is 2.38. The van der Waals surface area contributed by atoms with E-state index in [1.54, 1.807) is 6.92 Å². The molecule has 6 heteroatoms. The smallest absolute Gasteiger partial charge is 0.290 e.